The van der Waals surface area contributed by atoms with Gasteiger partial charge in [0, 0.05) is 13.1 Å². The van der Waals surface area contributed by atoms with E-state index in [1.807, 2.05) is 0 Å². The van der Waals surface area contributed by atoms with Crippen LogP contribution < -0.4 is 5.32 Å². The quantitative estimate of drug-likeness (QED) is 0.919. The lowest BCUT2D eigenvalue weighted by atomic mass is 9.81. The Morgan fingerprint density at radius 3 is 2.48 bits per heavy atom. The average molecular weight is 309 g/mol. The number of benzene rings is 1. The van der Waals surface area contributed by atoms with Crippen molar-refractivity contribution in [2.45, 2.75) is 32.1 Å². The molecule has 2 aliphatic heterocycles. The lowest BCUT2D eigenvalue weighted by Crippen LogP contribution is -2.42. The van der Waals surface area contributed by atoms with Crippen LogP contribution in [0.1, 0.15) is 37.7 Å². The Morgan fingerprint density at radius 2 is 1.81 bits per heavy atom. The number of nitrogens with zero attached hydrogens (tertiary/aromatic N) is 1. The van der Waals surface area contributed by atoms with E-state index in [1.165, 1.54) is 52.0 Å². The molecule has 2 saturated heterocycles. The van der Waals surface area contributed by atoms with Gasteiger partial charge >= 0.3 is 0 Å². The first-order valence-electron chi connectivity index (χ1n) is 8.31. The molecule has 21 heavy (non-hydrogen) atoms. The molecule has 118 valence electrons. The summed E-state index contributed by atoms with van der Waals surface area (Å²) in [7, 11) is 0. The second kappa shape index (κ2) is 8.17. The molecule has 0 radical (unpaired) electrons. The maximum absolute atomic E-state index is 3.47. The van der Waals surface area contributed by atoms with Gasteiger partial charge < -0.3 is 10.2 Å². The summed E-state index contributed by atoms with van der Waals surface area (Å²) in [4.78, 5) is 2.72. The molecule has 0 amide bonds. The summed E-state index contributed by atoms with van der Waals surface area (Å²) in [5.74, 6) is 2.48. The van der Waals surface area contributed by atoms with Crippen LogP contribution >= 0.6 is 12.4 Å². The van der Waals surface area contributed by atoms with E-state index in [2.05, 4.69) is 47.5 Å². The van der Waals surface area contributed by atoms with Crippen LogP contribution in [0.15, 0.2) is 30.3 Å². The number of likely N-dealkylation sites (tertiary alicyclic amines) is 1. The highest BCUT2D eigenvalue weighted by molar-refractivity contribution is 5.85. The van der Waals surface area contributed by atoms with Crippen LogP contribution in [0.5, 0.6) is 0 Å². The number of piperidine rings is 2. The van der Waals surface area contributed by atoms with E-state index < -0.39 is 0 Å². The molecule has 1 N–H and O–H groups in total. The van der Waals surface area contributed by atoms with Crippen LogP contribution in [0.4, 0.5) is 0 Å². The van der Waals surface area contributed by atoms with E-state index in [9.17, 15) is 0 Å². The Kier molecular flexibility index (Phi) is 6.53. The summed E-state index contributed by atoms with van der Waals surface area (Å²) in [5.41, 5.74) is 1.54. The van der Waals surface area contributed by atoms with E-state index in [0.29, 0.717) is 0 Å². The number of halogens is 1. The zero-order valence-corrected chi connectivity index (χ0v) is 13.9. The lowest BCUT2D eigenvalue weighted by molar-refractivity contribution is 0.131. The van der Waals surface area contributed by atoms with Crippen molar-refractivity contribution in [1.82, 2.24) is 10.2 Å². The molecule has 0 saturated carbocycles. The SMILES string of the molecule is CC1CN(CC2CCNCC2)CCC1c1ccccc1.Cl. The van der Waals surface area contributed by atoms with E-state index >= 15 is 0 Å². The first kappa shape index (κ1) is 16.8. The fourth-order valence-electron chi connectivity index (χ4n) is 4.02. The van der Waals surface area contributed by atoms with Crippen molar-refractivity contribution >= 4 is 12.4 Å². The van der Waals surface area contributed by atoms with Crippen LogP contribution in [0, 0.1) is 11.8 Å². The zero-order chi connectivity index (χ0) is 13.8. The van der Waals surface area contributed by atoms with E-state index in [1.54, 1.807) is 5.56 Å². The minimum Gasteiger partial charge on any atom is -0.317 e. The maximum Gasteiger partial charge on any atom is 0.00130 e. The fourth-order valence-corrected chi connectivity index (χ4v) is 4.02. The Hall–Kier alpha value is -0.570. The molecule has 2 unspecified atom stereocenters. The van der Waals surface area contributed by atoms with Crippen molar-refractivity contribution in [1.29, 1.82) is 0 Å². The third-order valence-corrected chi connectivity index (χ3v) is 5.19. The van der Waals surface area contributed by atoms with Crippen LogP contribution in [-0.4, -0.2) is 37.6 Å². The van der Waals surface area contributed by atoms with Gasteiger partial charge in [-0.1, -0.05) is 37.3 Å². The van der Waals surface area contributed by atoms with Crippen molar-refractivity contribution in [2.24, 2.45) is 11.8 Å². The summed E-state index contributed by atoms with van der Waals surface area (Å²) in [6, 6.07) is 11.1. The second-order valence-electron chi connectivity index (χ2n) is 6.74. The molecular formula is C18H29ClN2. The second-order valence-corrected chi connectivity index (χ2v) is 6.74. The molecule has 1 aromatic carbocycles. The molecule has 3 heteroatoms. The van der Waals surface area contributed by atoms with E-state index in [0.717, 1.165) is 17.8 Å². The number of hydrogen-bond donors (Lipinski definition) is 1. The van der Waals surface area contributed by atoms with E-state index in [4.69, 9.17) is 0 Å². The minimum absolute atomic E-state index is 0. The lowest BCUT2D eigenvalue weighted by Gasteiger charge is -2.39. The summed E-state index contributed by atoms with van der Waals surface area (Å²) >= 11 is 0. The van der Waals surface area contributed by atoms with E-state index in [-0.39, 0.29) is 12.4 Å². The Bertz CT molecular complexity index is 403. The smallest absolute Gasteiger partial charge is 0.00130 e. The first-order valence-corrected chi connectivity index (χ1v) is 8.31. The van der Waals surface area contributed by atoms with Gasteiger partial charge in [-0.15, -0.1) is 12.4 Å². The molecule has 0 spiro atoms. The number of hydrogen-bond acceptors (Lipinski definition) is 2. The van der Waals surface area contributed by atoms with Crippen molar-refractivity contribution in [3.63, 3.8) is 0 Å². The molecule has 2 heterocycles. The van der Waals surface area contributed by atoms with Gasteiger partial charge in [-0.05, 0) is 62.2 Å². The summed E-state index contributed by atoms with van der Waals surface area (Å²) in [5, 5.41) is 3.47. The standard InChI is InChI=1S/C18H28N2.ClH/c1-15-13-20(14-16-7-10-19-11-8-16)12-9-18(15)17-5-3-2-4-6-17;/h2-6,15-16,18-19H,7-14H2,1H3;1H. The number of nitrogens with one attached hydrogen (secondary N) is 1. The predicted octanol–water partition coefficient (Wildman–Crippen LogP) is 3.53. The fraction of sp³-hybridized carbons (Fsp3) is 0.667. The van der Waals surface area contributed by atoms with Crippen LogP contribution in [0.3, 0.4) is 0 Å². The topological polar surface area (TPSA) is 15.3 Å². The normalized spacial score (nSPS) is 28.0. The molecule has 0 bridgehead atoms. The summed E-state index contributed by atoms with van der Waals surface area (Å²) in [6.07, 6.45) is 4.07. The van der Waals surface area contributed by atoms with Gasteiger partial charge in [0.25, 0.3) is 0 Å². The Balaban J connectivity index is 0.00000161. The highest BCUT2D eigenvalue weighted by atomic mass is 35.5. The summed E-state index contributed by atoms with van der Waals surface area (Å²) < 4.78 is 0. The molecular weight excluding hydrogens is 280 g/mol. The van der Waals surface area contributed by atoms with Gasteiger partial charge in [0.15, 0.2) is 0 Å². The molecule has 2 fully saturated rings. The maximum atomic E-state index is 3.47. The van der Waals surface area contributed by atoms with Gasteiger partial charge in [-0.25, -0.2) is 0 Å². The molecule has 2 nitrogen and oxygen atoms in total. The third-order valence-electron chi connectivity index (χ3n) is 5.19. The molecule has 2 atom stereocenters. The van der Waals surface area contributed by atoms with Gasteiger partial charge in [-0.2, -0.15) is 0 Å². The van der Waals surface area contributed by atoms with Crippen molar-refractivity contribution < 1.29 is 0 Å². The zero-order valence-electron chi connectivity index (χ0n) is 13.1. The number of rotatable bonds is 3. The van der Waals surface area contributed by atoms with Crippen LogP contribution in [-0.2, 0) is 0 Å². The van der Waals surface area contributed by atoms with Gasteiger partial charge in [-0.3, -0.25) is 0 Å². The molecule has 2 aliphatic rings. The van der Waals surface area contributed by atoms with Gasteiger partial charge in [0.05, 0.1) is 0 Å². The highest BCUT2D eigenvalue weighted by Crippen LogP contribution is 2.33. The molecule has 0 aromatic heterocycles. The van der Waals surface area contributed by atoms with Crippen molar-refractivity contribution in [2.75, 3.05) is 32.7 Å². The molecule has 3 rings (SSSR count). The largest absolute Gasteiger partial charge is 0.317 e. The Morgan fingerprint density at radius 1 is 1.10 bits per heavy atom. The van der Waals surface area contributed by atoms with Crippen LogP contribution in [0.2, 0.25) is 0 Å². The summed E-state index contributed by atoms with van der Waals surface area (Å²) in [6.45, 7) is 8.78. The minimum atomic E-state index is 0. The highest BCUT2D eigenvalue weighted by Gasteiger charge is 2.28. The van der Waals surface area contributed by atoms with Gasteiger partial charge in [0.1, 0.15) is 0 Å². The van der Waals surface area contributed by atoms with Gasteiger partial charge in [0.2, 0.25) is 0 Å². The average Bonchev–Trinajstić information content (AvgIpc) is 2.49. The monoisotopic (exact) mass is 308 g/mol. The van der Waals surface area contributed by atoms with Crippen molar-refractivity contribution in [3.8, 4) is 0 Å². The Labute approximate surface area is 135 Å². The van der Waals surface area contributed by atoms with Crippen LogP contribution in [0.25, 0.3) is 0 Å². The molecule has 0 aliphatic carbocycles. The molecule has 1 aromatic rings. The van der Waals surface area contributed by atoms with Crippen molar-refractivity contribution in [3.05, 3.63) is 35.9 Å². The first-order chi connectivity index (χ1) is 9.83. The third kappa shape index (κ3) is 4.45. The predicted molar refractivity (Wildman–Crippen MR) is 92.2 cm³/mol.